The first-order chi connectivity index (χ1) is 14.0. The summed E-state index contributed by atoms with van der Waals surface area (Å²) in [5.74, 6) is -2.72. The van der Waals surface area contributed by atoms with Gasteiger partial charge in [-0.2, -0.15) is 10.2 Å². The van der Waals surface area contributed by atoms with Crippen LogP contribution in [-0.4, -0.2) is 36.9 Å². The zero-order valence-corrected chi connectivity index (χ0v) is 15.2. The zero-order chi connectivity index (χ0) is 20.3. The van der Waals surface area contributed by atoms with Crippen molar-refractivity contribution in [2.45, 2.75) is 25.9 Å². The van der Waals surface area contributed by atoms with Crippen LogP contribution in [0, 0.1) is 17.6 Å². The standard InChI is InChI=1S/C19H15F3N6O/c1-2-8-15(10-6-23-26-18(10)17(22)16(8)21)12-3-4-14-24-13(7-28(14)27-12)25-19(29)9-5-11(9)20/h3-4,6-7,9,11H,2,5H2,1H3,(H,23,26)(H,25,29)/t9-,11+/m1/s1. The lowest BCUT2D eigenvalue weighted by Gasteiger charge is -2.11. The molecule has 0 bridgehead atoms. The highest BCUT2D eigenvalue weighted by molar-refractivity contribution is 5.96. The van der Waals surface area contributed by atoms with Crippen LogP contribution in [-0.2, 0) is 11.2 Å². The topological polar surface area (TPSA) is 88.0 Å². The lowest BCUT2D eigenvalue weighted by molar-refractivity contribution is -0.117. The Morgan fingerprint density at radius 2 is 2.14 bits per heavy atom. The SMILES string of the molecule is CCc1c(F)c(F)c2[nH]ncc2c1-c1ccc2nc(NC(=O)[C@@H]3C[C@@H]3F)cn2n1. The van der Waals surface area contributed by atoms with Gasteiger partial charge in [-0.15, -0.1) is 0 Å². The highest BCUT2D eigenvalue weighted by Crippen LogP contribution is 2.36. The third-order valence-electron chi connectivity index (χ3n) is 5.12. The number of amides is 1. The molecule has 1 aliphatic rings. The van der Waals surface area contributed by atoms with E-state index in [0.717, 1.165) is 0 Å². The molecule has 0 spiro atoms. The highest BCUT2D eigenvalue weighted by Gasteiger charge is 2.43. The van der Waals surface area contributed by atoms with E-state index in [0.29, 0.717) is 22.3 Å². The van der Waals surface area contributed by atoms with Crippen molar-refractivity contribution in [3.63, 3.8) is 0 Å². The maximum atomic E-state index is 14.6. The van der Waals surface area contributed by atoms with Crippen molar-refractivity contribution in [2.24, 2.45) is 5.92 Å². The summed E-state index contributed by atoms with van der Waals surface area (Å²) in [7, 11) is 0. The number of hydrogen-bond donors (Lipinski definition) is 2. The predicted octanol–water partition coefficient (Wildman–Crippen LogP) is 3.41. The van der Waals surface area contributed by atoms with Gasteiger partial charge in [-0.25, -0.2) is 22.7 Å². The van der Waals surface area contributed by atoms with Gasteiger partial charge in [0.2, 0.25) is 5.91 Å². The van der Waals surface area contributed by atoms with Crippen LogP contribution in [0.1, 0.15) is 18.9 Å². The molecule has 1 saturated carbocycles. The van der Waals surface area contributed by atoms with Crippen molar-refractivity contribution < 1.29 is 18.0 Å². The van der Waals surface area contributed by atoms with Gasteiger partial charge in [0.15, 0.2) is 23.1 Å². The van der Waals surface area contributed by atoms with Gasteiger partial charge >= 0.3 is 0 Å². The molecule has 1 aliphatic carbocycles. The summed E-state index contributed by atoms with van der Waals surface area (Å²) in [4.78, 5) is 16.2. The molecule has 3 aromatic heterocycles. The number of halogens is 3. The third kappa shape index (κ3) is 2.74. The number of H-pyrrole nitrogens is 1. The lowest BCUT2D eigenvalue weighted by Crippen LogP contribution is -2.15. The fraction of sp³-hybridized carbons (Fsp3) is 0.263. The first-order valence-corrected chi connectivity index (χ1v) is 9.12. The van der Waals surface area contributed by atoms with Gasteiger partial charge in [0.25, 0.3) is 0 Å². The second kappa shape index (κ2) is 6.29. The number of carbonyl (C=O) groups excluding carboxylic acids is 1. The van der Waals surface area contributed by atoms with E-state index < -0.39 is 29.6 Å². The smallest absolute Gasteiger partial charge is 0.231 e. The molecular weight excluding hydrogens is 385 g/mol. The number of aromatic nitrogens is 5. The molecule has 2 N–H and O–H groups in total. The average molecular weight is 400 g/mol. The molecular formula is C19H15F3N6O. The van der Waals surface area contributed by atoms with E-state index in [1.165, 1.54) is 16.9 Å². The number of rotatable bonds is 4. The van der Waals surface area contributed by atoms with Crippen LogP contribution in [0.3, 0.4) is 0 Å². The average Bonchev–Trinajstić information content (AvgIpc) is 3.09. The number of nitrogens with one attached hydrogen (secondary N) is 2. The molecule has 3 heterocycles. The van der Waals surface area contributed by atoms with Crippen LogP contribution in [0.15, 0.2) is 24.5 Å². The molecule has 1 fully saturated rings. The van der Waals surface area contributed by atoms with E-state index in [9.17, 15) is 18.0 Å². The molecule has 1 amide bonds. The molecule has 29 heavy (non-hydrogen) atoms. The van der Waals surface area contributed by atoms with Crippen LogP contribution in [0.2, 0.25) is 0 Å². The Labute approximate surface area is 161 Å². The molecule has 10 heteroatoms. The number of carbonyl (C=O) groups is 1. The molecule has 0 saturated heterocycles. The first kappa shape index (κ1) is 17.7. The van der Waals surface area contributed by atoms with Crippen LogP contribution in [0.25, 0.3) is 27.8 Å². The van der Waals surface area contributed by atoms with Crippen LogP contribution < -0.4 is 5.32 Å². The number of fused-ring (bicyclic) bond motifs is 2. The zero-order valence-electron chi connectivity index (χ0n) is 15.2. The summed E-state index contributed by atoms with van der Waals surface area (Å²) in [6, 6.07) is 3.30. The number of nitrogens with zero attached hydrogens (tertiary/aromatic N) is 4. The Kier molecular flexibility index (Phi) is 3.83. The molecule has 0 radical (unpaired) electrons. The summed E-state index contributed by atoms with van der Waals surface area (Å²) in [5.41, 5.74) is 1.45. The number of benzene rings is 1. The summed E-state index contributed by atoms with van der Waals surface area (Å²) in [6.07, 6.45) is 2.30. The molecule has 4 aromatic rings. The number of hydrogen-bond acceptors (Lipinski definition) is 4. The minimum absolute atomic E-state index is 0.0274. The molecule has 2 atom stereocenters. The third-order valence-corrected chi connectivity index (χ3v) is 5.12. The predicted molar refractivity (Wildman–Crippen MR) is 99.0 cm³/mol. The van der Waals surface area contributed by atoms with Crippen molar-refractivity contribution in [3.05, 3.63) is 41.7 Å². The Balaban J connectivity index is 1.60. The van der Waals surface area contributed by atoms with E-state index in [-0.39, 0.29) is 29.7 Å². The minimum atomic E-state index is -1.10. The molecule has 0 unspecified atom stereocenters. The van der Waals surface area contributed by atoms with Gasteiger partial charge in [-0.3, -0.25) is 9.89 Å². The van der Waals surface area contributed by atoms with Gasteiger partial charge in [-0.1, -0.05) is 6.92 Å². The molecule has 0 aliphatic heterocycles. The number of aromatic amines is 1. The Bertz CT molecular complexity index is 1280. The van der Waals surface area contributed by atoms with Crippen molar-refractivity contribution >= 4 is 28.3 Å². The van der Waals surface area contributed by atoms with E-state index in [4.69, 9.17) is 0 Å². The summed E-state index contributed by atoms with van der Waals surface area (Å²) in [5, 5.41) is 13.8. The second-order valence-corrected chi connectivity index (χ2v) is 6.99. The van der Waals surface area contributed by atoms with Crippen LogP contribution in [0.5, 0.6) is 0 Å². The summed E-state index contributed by atoms with van der Waals surface area (Å²) in [6.45, 7) is 1.73. The second-order valence-electron chi connectivity index (χ2n) is 6.99. The molecule has 1 aromatic carbocycles. The van der Waals surface area contributed by atoms with Crippen LogP contribution >= 0.6 is 0 Å². The quantitative estimate of drug-likeness (QED) is 0.550. The van der Waals surface area contributed by atoms with Crippen molar-refractivity contribution in [1.82, 2.24) is 24.8 Å². The van der Waals surface area contributed by atoms with E-state index >= 15 is 0 Å². The van der Waals surface area contributed by atoms with Gasteiger partial charge in [0.05, 0.1) is 24.0 Å². The van der Waals surface area contributed by atoms with Gasteiger partial charge in [0.1, 0.15) is 11.7 Å². The van der Waals surface area contributed by atoms with E-state index in [1.54, 1.807) is 19.1 Å². The fourth-order valence-corrected chi connectivity index (χ4v) is 3.51. The monoisotopic (exact) mass is 400 g/mol. The normalized spacial score (nSPS) is 18.5. The van der Waals surface area contributed by atoms with Gasteiger partial charge in [0, 0.05) is 16.5 Å². The largest absolute Gasteiger partial charge is 0.309 e. The number of anilines is 1. The van der Waals surface area contributed by atoms with Crippen molar-refractivity contribution in [1.29, 1.82) is 0 Å². The van der Waals surface area contributed by atoms with E-state index in [1.807, 2.05) is 0 Å². The number of imidazole rings is 1. The van der Waals surface area contributed by atoms with Gasteiger partial charge < -0.3 is 5.32 Å². The van der Waals surface area contributed by atoms with Crippen molar-refractivity contribution in [3.8, 4) is 11.3 Å². The lowest BCUT2D eigenvalue weighted by atomic mass is 9.97. The Hall–Kier alpha value is -3.43. The molecule has 7 nitrogen and oxygen atoms in total. The van der Waals surface area contributed by atoms with E-state index in [2.05, 4.69) is 25.6 Å². The first-order valence-electron chi connectivity index (χ1n) is 9.12. The minimum Gasteiger partial charge on any atom is -0.309 e. The van der Waals surface area contributed by atoms with Crippen molar-refractivity contribution in [2.75, 3.05) is 5.32 Å². The maximum Gasteiger partial charge on any atom is 0.231 e. The number of alkyl halides is 1. The summed E-state index contributed by atoms with van der Waals surface area (Å²) < 4.78 is 43.4. The highest BCUT2D eigenvalue weighted by atomic mass is 19.2. The summed E-state index contributed by atoms with van der Waals surface area (Å²) >= 11 is 0. The molecule has 5 rings (SSSR count). The fourth-order valence-electron chi connectivity index (χ4n) is 3.51. The molecule has 148 valence electrons. The maximum absolute atomic E-state index is 14.6. The van der Waals surface area contributed by atoms with Crippen LogP contribution in [0.4, 0.5) is 19.0 Å². The van der Waals surface area contributed by atoms with Gasteiger partial charge in [-0.05, 0) is 25.0 Å². The Morgan fingerprint density at radius 3 is 2.86 bits per heavy atom. The Morgan fingerprint density at radius 1 is 1.34 bits per heavy atom.